The third kappa shape index (κ3) is 2.41. The monoisotopic (exact) mass is 218 g/mol. The largest absolute Gasteiger partial charge is 0.490 e. The zero-order valence-corrected chi connectivity index (χ0v) is 9.08. The topological polar surface area (TPSA) is 47.3 Å². The van der Waals surface area contributed by atoms with E-state index in [-0.39, 0.29) is 6.61 Å². The number of aromatic nitrogens is 2. The van der Waals surface area contributed by atoms with Crippen LogP contribution in [0, 0.1) is 0 Å². The van der Waals surface area contributed by atoms with Gasteiger partial charge in [-0.15, -0.1) is 0 Å². The Morgan fingerprint density at radius 1 is 1.31 bits per heavy atom. The van der Waals surface area contributed by atoms with Crippen LogP contribution in [0.3, 0.4) is 0 Å². The SMILES string of the molecule is Cn1nccc1C(O)COc1ccccc1. The number of benzene rings is 1. The molecule has 0 aliphatic carbocycles. The average molecular weight is 218 g/mol. The van der Waals surface area contributed by atoms with Gasteiger partial charge in [0.2, 0.25) is 0 Å². The zero-order valence-electron chi connectivity index (χ0n) is 9.08. The first-order chi connectivity index (χ1) is 7.77. The van der Waals surface area contributed by atoms with Crippen LogP contribution in [0.5, 0.6) is 5.75 Å². The highest BCUT2D eigenvalue weighted by molar-refractivity contribution is 5.21. The molecule has 1 N–H and O–H groups in total. The Morgan fingerprint density at radius 3 is 2.69 bits per heavy atom. The zero-order chi connectivity index (χ0) is 11.4. The Labute approximate surface area is 94.1 Å². The molecule has 4 heteroatoms. The number of para-hydroxylation sites is 1. The molecule has 1 atom stereocenters. The molecule has 1 aromatic carbocycles. The van der Waals surface area contributed by atoms with E-state index in [0.717, 1.165) is 11.4 Å². The molecule has 1 heterocycles. The predicted octanol–water partition coefficient (Wildman–Crippen LogP) is 1.53. The lowest BCUT2D eigenvalue weighted by Crippen LogP contribution is -2.13. The number of aliphatic hydroxyl groups is 1. The highest BCUT2D eigenvalue weighted by Gasteiger charge is 2.11. The molecule has 0 radical (unpaired) electrons. The summed E-state index contributed by atoms with van der Waals surface area (Å²) in [6.45, 7) is 0.226. The van der Waals surface area contributed by atoms with E-state index in [9.17, 15) is 5.11 Å². The van der Waals surface area contributed by atoms with Gasteiger partial charge in [0.25, 0.3) is 0 Å². The van der Waals surface area contributed by atoms with Crippen LogP contribution in [0.25, 0.3) is 0 Å². The van der Waals surface area contributed by atoms with Crippen LogP contribution in [0.4, 0.5) is 0 Å². The summed E-state index contributed by atoms with van der Waals surface area (Å²) in [4.78, 5) is 0. The number of ether oxygens (including phenoxy) is 1. The lowest BCUT2D eigenvalue weighted by Gasteiger charge is -2.12. The highest BCUT2D eigenvalue weighted by atomic mass is 16.5. The van der Waals surface area contributed by atoms with Gasteiger partial charge in [0.1, 0.15) is 18.5 Å². The van der Waals surface area contributed by atoms with E-state index in [1.54, 1.807) is 24.0 Å². The molecule has 4 nitrogen and oxygen atoms in total. The molecule has 0 saturated carbocycles. The second-order valence-electron chi connectivity index (χ2n) is 3.52. The third-order valence-corrected chi connectivity index (χ3v) is 2.35. The summed E-state index contributed by atoms with van der Waals surface area (Å²) >= 11 is 0. The molecular weight excluding hydrogens is 204 g/mol. The molecule has 1 unspecified atom stereocenters. The molecule has 1 aromatic heterocycles. The fourth-order valence-corrected chi connectivity index (χ4v) is 1.49. The lowest BCUT2D eigenvalue weighted by molar-refractivity contribution is 0.101. The van der Waals surface area contributed by atoms with Crippen molar-refractivity contribution in [2.75, 3.05) is 6.61 Å². The molecule has 2 rings (SSSR count). The van der Waals surface area contributed by atoms with Crippen molar-refractivity contribution in [2.24, 2.45) is 7.05 Å². The maximum absolute atomic E-state index is 9.87. The first kappa shape index (κ1) is 10.7. The van der Waals surface area contributed by atoms with E-state index >= 15 is 0 Å². The molecule has 0 bridgehead atoms. The Bertz CT molecular complexity index is 439. The average Bonchev–Trinajstić information content (AvgIpc) is 2.74. The van der Waals surface area contributed by atoms with E-state index in [1.165, 1.54) is 0 Å². The fraction of sp³-hybridized carbons (Fsp3) is 0.250. The molecule has 2 aromatic rings. The number of rotatable bonds is 4. The number of nitrogens with zero attached hydrogens (tertiary/aromatic N) is 2. The van der Waals surface area contributed by atoms with Crippen molar-refractivity contribution in [1.82, 2.24) is 9.78 Å². The van der Waals surface area contributed by atoms with Crippen LogP contribution in [-0.2, 0) is 7.05 Å². The molecule has 0 aliphatic rings. The number of aryl methyl sites for hydroxylation is 1. The van der Waals surface area contributed by atoms with E-state index in [4.69, 9.17) is 4.74 Å². The van der Waals surface area contributed by atoms with Gasteiger partial charge in [-0.1, -0.05) is 18.2 Å². The van der Waals surface area contributed by atoms with Crippen molar-refractivity contribution in [1.29, 1.82) is 0 Å². The first-order valence-corrected chi connectivity index (χ1v) is 5.11. The molecular formula is C12H14N2O2. The van der Waals surface area contributed by atoms with Gasteiger partial charge in [-0.2, -0.15) is 5.10 Å². The standard InChI is InChI=1S/C12H14N2O2/c1-14-11(7-8-13-14)12(15)9-16-10-5-3-2-4-6-10/h2-8,12,15H,9H2,1H3. The number of hydrogen-bond donors (Lipinski definition) is 1. The number of hydrogen-bond acceptors (Lipinski definition) is 3. The van der Waals surface area contributed by atoms with Crippen molar-refractivity contribution >= 4 is 0 Å². The minimum Gasteiger partial charge on any atom is -0.490 e. The van der Waals surface area contributed by atoms with E-state index < -0.39 is 6.10 Å². The summed E-state index contributed by atoms with van der Waals surface area (Å²) in [6, 6.07) is 11.2. The van der Waals surface area contributed by atoms with Gasteiger partial charge in [0.05, 0.1) is 5.69 Å². The smallest absolute Gasteiger partial charge is 0.129 e. The summed E-state index contributed by atoms with van der Waals surface area (Å²) in [7, 11) is 1.79. The molecule has 0 saturated heterocycles. The summed E-state index contributed by atoms with van der Waals surface area (Å²) in [5.41, 5.74) is 0.746. The second kappa shape index (κ2) is 4.81. The van der Waals surface area contributed by atoms with Gasteiger partial charge in [0, 0.05) is 13.2 Å². The Kier molecular flexibility index (Phi) is 3.22. The van der Waals surface area contributed by atoms with Crippen molar-refractivity contribution in [3.8, 4) is 5.75 Å². The van der Waals surface area contributed by atoms with Gasteiger partial charge >= 0.3 is 0 Å². The summed E-state index contributed by atoms with van der Waals surface area (Å²) in [5, 5.41) is 13.9. The van der Waals surface area contributed by atoms with Crippen molar-refractivity contribution < 1.29 is 9.84 Å². The summed E-state index contributed by atoms with van der Waals surface area (Å²) in [6.07, 6.45) is 0.994. The molecule has 0 fully saturated rings. The molecule has 84 valence electrons. The third-order valence-electron chi connectivity index (χ3n) is 2.35. The van der Waals surface area contributed by atoms with Crippen molar-refractivity contribution in [3.63, 3.8) is 0 Å². The molecule has 0 aliphatic heterocycles. The van der Waals surface area contributed by atoms with Crippen LogP contribution in [0.15, 0.2) is 42.6 Å². The van der Waals surface area contributed by atoms with Crippen LogP contribution in [0.2, 0.25) is 0 Å². The van der Waals surface area contributed by atoms with E-state index in [2.05, 4.69) is 5.10 Å². The summed E-state index contributed by atoms with van der Waals surface area (Å²) < 4.78 is 7.09. The second-order valence-corrected chi connectivity index (χ2v) is 3.52. The number of aliphatic hydroxyl groups excluding tert-OH is 1. The normalized spacial score (nSPS) is 12.4. The molecule has 0 spiro atoms. The minimum absolute atomic E-state index is 0.226. The Balaban J connectivity index is 1.94. The maximum atomic E-state index is 9.87. The van der Waals surface area contributed by atoms with Gasteiger partial charge < -0.3 is 9.84 Å². The summed E-state index contributed by atoms with van der Waals surface area (Å²) in [5.74, 6) is 0.753. The quantitative estimate of drug-likeness (QED) is 0.846. The Hall–Kier alpha value is -1.81. The van der Waals surface area contributed by atoms with Gasteiger partial charge in [-0.05, 0) is 18.2 Å². The van der Waals surface area contributed by atoms with E-state index in [0.29, 0.717) is 0 Å². The highest BCUT2D eigenvalue weighted by Crippen LogP contribution is 2.14. The maximum Gasteiger partial charge on any atom is 0.129 e. The molecule has 0 amide bonds. The van der Waals surface area contributed by atoms with Crippen molar-refractivity contribution in [3.05, 3.63) is 48.3 Å². The van der Waals surface area contributed by atoms with Gasteiger partial charge in [-0.3, -0.25) is 4.68 Å². The predicted molar refractivity (Wildman–Crippen MR) is 60.1 cm³/mol. The van der Waals surface area contributed by atoms with Gasteiger partial charge in [-0.25, -0.2) is 0 Å². The fourth-order valence-electron chi connectivity index (χ4n) is 1.49. The van der Waals surface area contributed by atoms with Gasteiger partial charge in [0.15, 0.2) is 0 Å². The van der Waals surface area contributed by atoms with Crippen LogP contribution in [-0.4, -0.2) is 21.5 Å². The first-order valence-electron chi connectivity index (χ1n) is 5.11. The van der Waals surface area contributed by atoms with Crippen LogP contribution >= 0.6 is 0 Å². The van der Waals surface area contributed by atoms with Crippen LogP contribution in [0.1, 0.15) is 11.8 Å². The van der Waals surface area contributed by atoms with Crippen LogP contribution < -0.4 is 4.74 Å². The molecule has 16 heavy (non-hydrogen) atoms. The Morgan fingerprint density at radius 2 is 2.06 bits per heavy atom. The minimum atomic E-state index is -0.660. The lowest BCUT2D eigenvalue weighted by atomic mass is 10.2. The van der Waals surface area contributed by atoms with Crippen molar-refractivity contribution in [2.45, 2.75) is 6.10 Å². The van der Waals surface area contributed by atoms with E-state index in [1.807, 2.05) is 30.3 Å².